The molecule has 1 saturated carbocycles. The molecule has 0 aromatic rings. The lowest BCUT2D eigenvalue weighted by Gasteiger charge is -2.37. The quantitative estimate of drug-likeness (QED) is 0.677. The number of nitrogens with zero attached hydrogens (tertiary/aromatic N) is 2. The van der Waals surface area contributed by atoms with Gasteiger partial charge in [0.2, 0.25) is 5.91 Å². The topological polar surface area (TPSA) is 93.1 Å². The molecule has 2 fully saturated rings. The van der Waals surface area contributed by atoms with Crippen LogP contribution in [-0.2, 0) is 24.2 Å². The lowest BCUT2D eigenvalue weighted by molar-refractivity contribution is -0.148. The van der Waals surface area contributed by atoms with Gasteiger partial charge in [-0.1, -0.05) is 27.2 Å². The van der Waals surface area contributed by atoms with E-state index in [4.69, 9.17) is 4.74 Å². The van der Waals surface area contributed by atoms with Gasteiger partial charge < -0.3 is 4.74 Å². The largest absolute Gasteiger partial charge is 0.458 e. The van der Waals surface area contributed by atoms with Gasteiger partial charge in [0.25, 0.3) is 0 Å². The van der Waals surface area contributed by atoms with Crippen molar-refractivity contribution < 1.29 is 22.7 Å². The maximum atomic E-state index is 12.7. The van der Waals surface area contributed by atoms with Crippen LogP contribution in [0.3, 0.4) is 0 Å². The number of esters is 1. The van der Waals surface area contributed by atoms with E-state index >= 15 is 0 Å². The van der Waals surface area contributed by atoms with Crippen LogP contribution in [0.25, 0.3) is 0 Å². The second-order valence-electron chi connectivity index (χ2n) is 8.61. The second-order valence-corrected chi connectivity index (χ2v) is 10.8. The van der Waals surface area contributed by atoms with Gasteiger partial charge in [-0.15, -0.1) is 0 Å². The van der Waals surface area contributed by atoms with Crippen LogP contribution in [0.15, 0.2) is 5.10 Å². The Kier molecular flexibility index (Phi) is 5.93. The average Bonchev–Trinajstić information content (AvgIpc) is 2.94. The summed E-state index contributed by atoms with van der Waals surface area (Å²) in [6, 6.07) is -0.469. The third-order valence-electron chi connectivity index (χ3n) is 6.07. The Morgan fingerprint density at radius 1 is 1.22 bits per heavy atom. The predicted octanol–water partition coefficient (Wildman–Crippen LogP) is 2.16. The number of rotatable bonds is 4. The predicted molar refractivity (Wildman–Crippen MR) is 102 cm³/mol. The molecule has 0 aromatic carbocycles. The summed E-state index contributed by atoms with van der Waals surface area (Å²) in [7, 11) is -3.13. The van der Waals surface area contributed by atoms with Gasteiger partial charge in [-0.2, -0.15) is 5.10 Å². The van der Waals surface area contributed by atoms with Crippen LogP contribution >= 0.6 is 0 Å². The van der Waals surface area contributed by atoms with Gasteiger partial charge in [-0.25, -0.2) is 18.2 Å². The van der Waals surface area contributed by atoms with Gasteiger partial charge in [0.1, 0.15) is 11.8 Å². The van der Waals surface area contributed by atoms with E-state index in [2.05, 4.69) is 25.9 Å². The van der Waals surface area contributed by atoms with Crippen LogP contribution in [0.4, 0.5) is 0 Å². The highest BCUT2D eigenvalue weighted by atomic mass is 32.2. The van der Waals surface area contributed by atoms with Gasteiger partial charge in [0.15, 0.2) is 9.84 Å². The molecule has 1 saturated heterocycles. The standard InChI is InChI=1S/C19H30N2O5S/c1-12(2)15-5-4-13(3)10-17(15)26-19(23)16-6-7-18(22)21(20-16)14-8-9-27(24,25)11-14/h12-15,17H,4-11H2,1-3H3/t13-,14-,15-,17+/m1/s1. The number of sulfone groups is 1. The molecule has 0 radical (unpaired) electrons. The minimum Gasteiger partial charge on any atom is -0.458 e. The third kappa shape index (κ3) is 4.70. The molecule has 8 heteroatoms. The second kappa shape index (κ2) is 7.89. The first-order valence-corrected chi connectivity index (χ1v) is 11.8. The van der Waals surface area contributed by atoms with E-state index < -0.39 is 21.8 Å². The smallest absolute Gasteiger partial charge is 0.354 e. The van der Waals surface area contributed by atoms with Crippen LogP contribution in [0.5, 0.6) is 0 Å². The summed E-state index contributed by atoms with van der Waals surface area (Å²) in [6.07, 6.45) is 3.72. The van der Waals surface area contributed by atoms with Crippen LogP contribution in [-0.4, -0.2) is 54.7 Å². The molecule has 0 N–H and O–H groups in total. The zero-order valence-corrected chi connectivity index (χ0v) is 17.2. The Labute approximate surface area is 161 Å². The zero-order chi connectivity index (χ0) is 19.8. The van der Waals surface area contributed by atoms with Crippen molar-refractivity contribution in [3.8, 4) is 0 Å². The van der Waals surface area contributed by atoms with E-state index in [1.807, 2.05) is 0 Å². The molecule has 0 spiro atoms. The molecule has 0 unspecified atom stereocenters. The van der Waals surface area contributed by atoms with E-state index in [0.717, 1.165) is 19.3 Å². The first kappa shape index (κ1) is 20.3. The van der Waals surface area contributed by atoms with Gasteiger partial charge >= 0.3 is 5.97 Å². The molecule has 2 aliphatic heterocycles. The van der Waals surface area contributed by atoms with Crippen molar-refractivity contribution in [1.29, 1.82) is 0 Å². The molecular weight excluding hydrogens is 368 g/mol. The minimum absolute atomic E-state index is 0.0623. The molecule has 1 aliphatic carbocycles. The van der Waals surface area contributed by atoms with Crippen LogP contribution in [0, 0.1) is 17.8 Å². The molecule has 152 valence electrons. The summed E-state index contributed by atoms with van der Waals surface area (Å²) in [5, 5.41) is 5.44. The molecule has 1 amide bonds. The van der Waals surface area contributed by atoms with Crippen molar-refractivity contribution in [3.05, 3.63) is 0 Å². The number of carbonyl (C=O) groups is 2. The Morgan fingerprint density at radius 3 is 2.59 bits per heavy atom. The monoisotopic (exact) mass is 398 g/mol. The van der Waals surface area contributed by atoms with Crippen molar-refractivity contribution >= 4 is 27.4 Å². The van der Waals surface area contributed by atoms with E-state index in [1.165, 1.54) is 5.01 Å². The summed E-state index contributed by atoms with van der Waals surface area (Å²) >= 11 is 0. The van der Waals surface area contributed by atoms with Crippen LogP contribution in [0.1, 0.15) is 59.3 Å². The molecule has 4 atom stereocenters. The molecule has 0 bridgehead atoms. The summed E-state index contributed by atoms with van der Waals surface area (Å²) in [5.41, 5.74) is 0.236. The van der Waals surface area contributed by atoms with Gasteiger partial charge in [0.05, 0.1) is 17.5 Å². The fourth-order valence-electron chi connectivity index (χ4n) is 4.43. The number of carbonyl (C=O) groups excluding carboxylic acids is 2. The lowest BCUT2D eigenvalue weighted by atomic mass is 9.75. The van der Waals surface area contributed by atoms with Crippen molar-refractivity contribution in [2.75, 3.05) is 11.5 Å². The third-order valence-corrected chi connectivity index (χ3v) is 7.82. The molecule has 0 aromatic heterocycles. The highest BCUT2D eigenvalue weighted by Gasteiger charge is 2.39. The Hall–Kier alpha value is -1.44. The Bertz CT molecular complexity index is 730. The van der Waals surface area contributed by atoms with Crippen molar-refractivity contribution in [2.24, 2.45) is 22.9 Å². The zero-order valence-electron chi connectivity index (χ0n) is 16.4. The minimum atomic E-state index is -3.13. The maximum absolute atomic E-state index is 12.7. The lowest BCUT2D eigenvalue weighted by Crippen LogP contribution is -2.43. The summed E-state index contributed by atoms with van der Waals surface area (Å²) < 4.78 is 29.3. The highest BCUT2D eigenvalue weighted by Crippen LogP contribution is 2.35. The van der Waals surface area contributed by atoms with Gasteiger partial charge in [-0.3, -0.25) is 4.79 Å². The summed E-state index contributed by atoms with van der Waals surface area (Å²) in [6.45, 7) is 6.48. The molecule has 27 heavy (non-hydrogen) atoms. The fourth-order valence-corrected chi connectivity index (χ4v) is 6.12. The molecule has 3 rings (SSSR count). The first-order chi connectivity index (χ1) is 12.7. The number of hydrogen-bond donors (Lipinski definition) is 0. The number of amides is 1. The van der Waals surface area contributed by atoms with Gasteiger partial charge in [0, 0.05) is 12.8 Å². The molecule has 7 nitrogen and oxygen atoms in total. The SMILES string of the molecule is CC(C)[C@H]1CC[C@@H](C)C[C@@H]1OC(=O)C1=NN([C@@H]2CCS(=O)(=O)C2)C(=O)CC1. The normalized spacial score (nSPS) is 33.9. The highest BCUT2D eigenvalue weighted by molar-refractivity contribution is 7.91. The van der Waals surface area contributed by atoms with Crippen LogP contribution in [0.2, 0.25) is 0 Å². The van der Waals surface area contributed by atoms with Crippen molar-refractivity contribution in [2.45, 2.75) is 71.4 Å². The van der Waals surface area contributed by atoms with E-state index in [1.54, 1.807) is 0 Å². The Morgan fingerprint density at radius 2 is 1.96 bits per heavy atom. The molecule has 3 aliphatic rings. The number of hydrazone groups is 1. The van der Waals surface area contributed by atoms with Gasteiger partial charge in [-0.05, 0) is 37.0 Å². The van der Waals surface area contributed by atoms with E-state index in [9.17, 15) is 18.0 Å². The summed E-state index contributed by atoms with van der Waals surface area (Å²) in [4.78, 5) is 24.9. The Balaban J connectivity index is 1.71. The summed E-state index contributed by atoms with van der Waals surface area (Å²) in [5.74, 6) is 0.593. The average molecular weight is 399 g/mol. The van der Waals surface area contributed by atoms with E-state index in [0.29, 0.717) is 24.2 Å². The molecular formula is C19H30N2O5S. The molecule has 2 heterocycles. The first-order valence-electron chi connectivity index (χ1n) is 9.97. The van der Waals surface area contributed by atoms with E-state index in [-0.39, 0.29) is 42.1 Å². The van der Waals surface area contributed by atoms with Crippen molar-refractivity contribution in [1.82, 2.24) is 5.01 Å². The fraction of sp³-hybridized carbons (Fsp3) is 0.842. The van der Waals surface area contributed by atoms with Crippen molar-refractivity contribution in [3.63, 3.8) is 0 Å². The maximum Gasteiger partial charge on any atom is 0.354 e. The van der Waals surface area contributed by atoms with Crippen LogP contribution < -0.4 is 0 Å². The number of ether oxygens (including phenoxy) is 1. The number of hydrogen-bond acceptors (Lipinski definition) is 6.